The monoisotopic (exact) mass is 586 g/mol. The van der Waals surface area contributed by atoms with Crippen LogP contribution in [0.3, 0.4) is 0 Å². The maximum atomic E-state index is 15.1. The third-order valence-corrected chi connectivity index (χ3v) is 10.2. The van der Waals surface area contributed by atoms with E-state index in [0.717, 1.165) is 16.7 Å². The highest BCUT2D eigenvalue weighted by Crippen LogP contribution is 2.70. The van der Waals surface area contributed by atoms with Gasteiger partial charge in [0.05, 0.1) is 0 Å². The lowest BCUT2D eigenvalue weighted by Gasteiger charge is -2.56. The fourth-order valence-electron chi connectivity index (χ4n) is 8.21. The Labute approximate surface area is 239 Å². The highest BCUT2D eigenvalue weighted by atomic mass is 19.4. The number of carbonyl (C=O) groups is 2. The zero-order chi connectivity index (χ0) is 30.1. The van der Waals surface area contributed by atoms with Crippen molar-refractivity contribution in [3.63, 3.8) is 0 Å². The second kappa shape index (κ2) is 9.82. The lowest BCUT2D eigenvalue weighted by molar-refractivity contribution is -0.362. The van der Waals surface area contributed by atoms with Crippen molar-refractivity contribution in [3.05, 3.63) is 82.6 Å². The lowest BCUT2D eigenvalue weighted by Crippen LogP contribution is -2.65. The van der Waals surface area contributed by atoms with E-state index in [9.17, 15) is 27.9 Å². The third-order valence-electron chi connectivity index (χ3n) is 10.2. The first-order valence-electron chi connectivity index (χ1n) is 14.2. The molecule has 4 aliphatic rings. The Morgan fingerprint density at radius 2 is 1.76 bits per heavy atom. The zero-order valence-electron chi connectivity index (χ0n) is 23.0. The van der Waals surface area contributed by atoms with Gasteiger partial charge in [-0.1, -0.05) is 30.7 Å². The van der Waals surface area contributed by atoms with Gasteiger partial charge >= 0.3 is 12.1 Å². The summed E-state index contributed by atoms with van der Waals surface area (Å²) in [5.74, 6) is -6.75. The van der Waals surface area contributed by atoms with E-state index in [0.29, 0.717) is 42.6 Å². The number of nitrogens with one attached hydrogen (secondary N) is 1. The molecule has 1 heterocycles. The van der Waals surface area contributed by atoms with Crippen LogP contribution in [0.25, 0.3) is 0 Å². The predicted octanol–water partition coefficient (Wildman–Crippen LogP) is 7.16. The first-order valence-corrected chi connectivity index (χ1v) is 14.2. The average molecular weight is 587 g/mol. The number of hydrogen-bond acceptors (Lipinski definition) is 4. The molecule has 5 nitrogen and oxygen atoms in total. The van der Waals surface area contributed by atoms with Crippen molar-refractivity contribution in [2.75, 3.05) is 5.32 Å². The van der Waals surface area contributed by atoms with Crippen molar-refractivity contribution < 1.29 is 36.6 Å². The van der Waals surface area contributed by atoms with E-state index in [4.69, 9.17) is 0 Å². The summed E-state index contributed by atoms with van der Waals surface area (Å²) in [6.45, 7) is 1.39. The van der Waals surface area contributed by atoms with Crippen molar-refractivity contribution >= 4 is 17.5 Å². The Kier molecular flexibility index (Phi) is 6.72. The van der Waals surface area contributed by atoms with Gasteiger partial charge < -0.3 is 10.4 Å². The molecular weight excluding hydrogens is 555 g/mol. The normalized spacial score (nSPS) is 31.2. The Morgan fingerprint density at radius 1 is 1.02 bits per heavy atom. The fraction of sp³-hybridized carbons (Fsp3) is 0.469. The standard InChI is InChI=1S/C32H31F5N2O3/c1-29-17-24(18-5-7-19(8-6-18)28(41)39-26-4-2-3-15-38-26)27-22-12-10-21(40)16-20(22)9-11-23(27)25(29)13-14-30(29,42)31(33,34)32(35,36)37/h2-8,15-16,23-25,42H,9-14,17H2,1H3,(H,38,39,41)/t23?,24-,25+,29?,30+/m1/s1. The first kappa shape index (κ1) is 28.7. The molecule has 6 rings (SSSR count). The number of fused-ring (bicyclic) bond motifs is 4. The summed E-state index contributed by atoms with van der Waals surface area (Å²) >= 11 is 0. The van der Waals surface area contributed by atoms with Gasteiger partial charge in [0, 0.05) is 29.5 Å². The first-order chi connectivity index (χ1) is 19.8. The number of anilines is 1. The molecule has 1 aromatic carbocycles. The average Bonchev–Trinajstić information content (AvgIpc) is 3.23. The van der Waals surface area contributed by atoms with E-state index in [2.05, 4.69) is 10.3 Å². The maximum Gasteiger partial charge on any atom is 0.456 e. The van der Waals surface area contributed by atoms with Crippen LogP contribution < -0.4 is 5.32 Å². The summed E-state index contributed by atoms with van der Waals surface area (Å²) in [6.07, 6.45) is -1.59. The van der Waals surface area contributed by atoms with Crippen molar-refractivity contribution in [1.82, 2.24) is 4.98 Å². The molecule has 0 aliphatic heterocycles. The molecule has 0 radical (unpaired) electrons. The van der Waals surface area contributed by atoms with Crippen LogP contribution in [0.1, 0.15) is 73.7 Å². The quantitative estimate of drug-likeness (QED) is 0.373. The van der Waals surface area contributed by atoms with Gasteiger partial charge in [-0.25, -0.2) is 4.98 Å². The third kappa shape index (κ3) is 4.24. The Hall–Kier alpha value is -3.40. The van der Waals surface area contributed by atoms with Crippen LogP contribution in [-0.4, -0.2) is 39.5 Å². The highest BCUT2D eigenvalue weighted by molar-refractivity contribution is 6.03. The molecule has 2 unspecified atom stereocenters. The molecule has 0 saturated heterocycles. The molecule has 5 atom stereocenters. The molecule has 10 heteroatoms. The molecule has 1 aromatic heterocycles. The summed E-state index contributed by atoms with van der Waals surface area (Å²) < 4.78 is 71.5. The fourth-order valence-corrected chi connectivity index (χ4v) is 8.21. The molecular formula is C32H31F5N2O3. The summed E-state index contributed by atoms with van der Waals surface area (Å²) in [5.41, 5.74) is -1.12. The predicted molar refractivity (Wildman–Crippen MR) is 145 cm³/mol. The van der Waals surface area contributed by atoms with Gasteiger partial charge in [0.1, 0.15) is 11.4 Å². The molecule has 222 valence electrons. The number of halogens is 5. The molecule has 2 aromatic rings. The van der Waals surface area contributed by atoms with Gasteiger partial charge in [-0.05, 0) is 97.4 Å². The van der Waals surface area contributed by atoms with Crippen LogP contribution in [0.15, 0.2) is 71.5 Å². The van der Waals surface area contributed by atoms with Gasteiger partial charge in [0.25, 0.3) is 5.91 Å². The molecule has 1 amide bonds. The minimum atomic E-state index is -5.90. The number of aliphatic hydroxyl groups is 1. The van der Waals surface area contributed by atoms with Crippen LogP contribution in [0.2, 0.25) is 0 Å². The second-order valence-corrected chi connectivity index (χ2v) is 12.3. The number of benzene rings is 1. The minimum Gasteiger partial charge on any atom is -0.383 e. The molecule has 2 N–H and O–H groups in total. The topological polar surface area (TPSA) is 79.3 Å². The number of rotatable bonds is 4. The van der Waals surface area contributed by atoms with E-state index >= 15 is 8.78 Å². The van der Waals surface area contributed by atoms with E-state index in [-0.39, 0.29) is 24.5 Å². The number of hydrogen-bond donors (Lipinski definition) is 2. The van der Waals surface area contributed by atoms with Crippen LogP contribution >= 0.6 is 0 Å². The molecule has 0 bridgehead atoms. The number of allylic oxidation sites excluding steroid dienone is 4. The van der Waals surface area contributed by atoms with Crippen LogP contribution in [0.5, 0.6) is 0 Å². The Balaban J connectivity index is 1.42. The number of pyridine rings is 1. The van der Waals surface area contributed by atoms with Gasteiger partial charge in [-0.15, -0.1) is 0 Å². The molecule has 2 saturated carbocycles. The Morgan fingerprint density at radius 3 is 2.43 bits per heavy atom. The largest absolute Gasteiger partial charge is 0.456 e. The van der Waals surface area contributed by atoms with E-state index in [1.54, 1.807) is 54.7 Å². The summed E-state index contributed by atoms with van der Waals surface area (Å²) in [4.78, 5) is 29.1. The van der Waals surface area contributed by atoms with E-state index < -0.39 is 47.3 Å². The van der Waals surface area contributed by atoms with Gasteiger partial charge in [-0.3, -0.25) is 9.59 Å². The number of nitrogens with zero attached hydrogens (tertiary/aromatic N) is 1. The highest BCUT2D eigenvalue weighted by Gasteiger charge is 2.79. The van der Waals surface area contributed by atoms with Crippen LogP contribution in [0, 0.1) is 17.3 Å². The SMILES string of the molecule is CC12C[C@H](c3ccc(C(=O)Nc4ccccn4)cc3)C3=C4CCC(=O)C=C4CCC3[C@@H]1CC[C@@]2(O)C(F)(F)C(F)(F)F. The number of alkyl halides is 5. The van der Waals surface area contributed by atoms with E-state index in [1.165, 1.54) is 6.92 Å². The number of ketones is 1. The van der Waals surface area contributed by atoms with Gasteiger partial charge in [0.15, 0.2) is 5.78 Å². The van der Waals surface area contributed by atoms with Crippen LogP contribution in [-0.2, 0) is 4.79 Å². The number of carbonyl (C=O) groups excluding carboxylic acids is 2. The number of aromatic nitrogens is 1. The zero-order valence-corrected chi connectivity index (χ0v) is 23.0. The lowest BCUT2D eigenvalue weighted by atomic mass is 9.50. The summed E-state index contributed by atoms with van der Waals surface area (Å²) in [6, 6.07) is 11.7. The van der Waals surface area contributed by atoms with Crippen LogP contribution in [0.4, 0.5) is 27.8 Å². The summed E-state index contributed by atoms with van der Waals surface area (Å²) in [7, 11) is 0. The second-order valence-electron chi connectivity index (χ2n) is 12.3. The smallest absolute Gasteiger partial charge is 0.383 e. The van der Waals surface area contributed by atoms with Gasteiger partial charge in [0.2, 0.25) is 0 Å². The molecule has 4 aliphatic carbocycles. The van der Waals surface area contributed by atoms with Crippen molar-refractivity contribution in [2.24, 2.45) is 17.3 Å². The Bertz CT molecular complexity index is 1480. The molecule has 42 heavy (non-hydrogen) atoms. The summed E-state index contributed by atoms with van der Waals surface area (Å²) in [5, 5.41) is 14.1. The van der Waals surface area contributed by atoms with Crippen molar-refractivity contribution in [3.8, 4) is 0 Å². The van der Waals surface area contributed by atoms with Crippen molar-refractivity contribution in [1.29, 1.82) is 0 Å². The number of amides is 1. The van der Waals surface area contributed by atoms with Crippen molar-refractivity contribution in [2.45, 2.75) is 75.5 Å². The molecule has 0 spiro atoms. The molecule has 2 fully saturated rings. The van der Waals surface area contributed by atoms with Gasteiger partial charge in [-0.2, -0.15) is 22.0 Å². The maximum absolute atomic E-state index is 15.1. The van der Waals surface area contributed by atoms with E-state index in [1.807, 2.05) is 0 Å². The minimum absolute atomic E-state index is 0.0216.